The van der Waals surface area contributed by atoms with Crippen LogP contribution in [0.15, 0.2) is 24.5 Å². The molecule has 0 aliphatic heterocycles. The molecule has 15 heavy (non-hydrogen) atoms. The number of amides is 2. The summed E-state index contributed by atoms with van der Waals surface area (Å²) in [5.74, 6) is -1.18. The van der Waals surface area contributed by atoms with E-state index < -0.39 is 11.8 Å². The zero-order chi connectivity index (χ0) is 11.0. The van der Waals surface area contributed by atoms with Crippen molar-refractivity contribution in [1.29, 1.82) is 0 Å². The topological polar surface area (TPSA) is 103 Å². The summed E-state index contributed by atoms with van der Waals surface area (Å²) in [6, 6.07) is 3.13. The highest BCUT2D eigenvalue weighted by Gasteiger charge is 2.09. The number of fused-ring (bicyclic) bond motifs is 1. The van der Waals surface area contributed by atoms with Crippen LogP contribution in [0, 0.1) is 0 Å². The molecule has 0 atom stereocenters. The van der Waals surface area contributed by atoms with E-state index in [0.29, 0.717) is 11.2 Å². The van der Waals surface area contributed by atoms with Crippen LogP contribution in [0.25, 0.3) is 5.65 Å². The first-order valence-electron chi connectivity index (χ1n) is 4.16. The predicted molar refractivity (Wildman–Crippen MR) is 52.2 cm³/mol. The quantitative estimate of drug-likeness (QED) is 0.691. The molecule has 0 unspecified atom stereocenters. The summed E-state index contributed by atoms with van der Waals surface area (Å²) >= 11 is 0. The normalized spacial score (nSPS) is 10.4. The number of rotatable bonds is 2. The second-order valence-electron chi connectivity index (χ2n) is 3.02. The molecule has 2 amide bonds. The highest BCUT2D eigenvalue weighted by Crippen LogP contribution is 2.08. The Morgan fingerprint density at radius 2 is 1.93 bits per heavy atom. The summed E-state index contributed by atoms with van der Waals surface area (Å²) in [7, 11) is 0. The minimum atomic E-state index is -0.607. The van der Waals surface area contributed by atoms with Crippen molar-refractivity contribution in [2.75, 3.05) is 0 Å². The highest BCUT2D eigenvalue weighted by molar-refractivity contribution is 5.94. The van der Waals surface area contributed by atoms with Crippen molar-refractivity contribution in [1.82, 2.24) is 9.38 Å². The first-order valence-corrected chi connectivity index (χ1v) is 4.16. The molecule has 0 saturated heterocycles. The Morgan fingerprint density at radius 1 is 1.20 bits per heavy atom. The molecular weight excluding hydrogens is 196 g/mol. The lowest BCUT2D eigenvalue weighted by Gasteiger charge is -1.99. The number of primary amides is 2. The van der Waals surface area contributed by atoms with Crippen molar-refractivity contribution in [2.45, 2.75) is 0 Å². The van der Waals surface area contributed by atoms with E-state index in [1.54, 1.807) is 6.07 Å². The maximum absolute atomic E-state index is 11.0. The van der Waals surface area contributed by atoms with Gasteiger partial charge in [-0.3, -0.25) is 14.0 Å². The molecular formula is C9H8N4O2. The second-order valence-corrected chi connectivity index (χ2v) is 3.02. The largest absolute Gasteiger partial charge is 0.366 e. The van der Waals surface area contributed by atoms with Crippen LogP contribution in [0.3, 0.4) is 0 Å². The average Bonchev–Trinajstić information content (AvgIpc) is 2.59. The number of pyridine rings is 1. The van der Waals surface area contributed by atoms with Crippen molar-refractivity contribution in [3.05, 3.63) is 35.8 Å². The lowest BCUT2D eigenvalue weighted by atomic mass is 10.2. The molecule has 2 aromatic rings. The number of nitrogens with zero attached hydrogens (tertiary/aromatic N) is 2. The third kappa shape index (κ3) is 1.41. The van der Waals surface area contributed by atoms with Gasteiger partial charge < -0.3 is 11.5 Å². The van der Waals surface area contributed by atoms with E-state index in [1.807, 2.05) is 0 Å². The fourth-order valence-corrected chi connectivity index (χ4v) is 1.31. The molecule has 2 rings (SSSR count). The minimum absolute atomic E-state index is 0.216. The maximum atomic E-state index is 11.0. The van der Waals surface area contributed by atoms with Gasteiger partial charge in [0, 0.05) is 6.20 Å². The Hall–Kier alpha value is -2.37. The highest BCUT2D eigenvalue weighted by atomic mass is 16.1. The van der Waals surface area contributed by atoms with Crippen LogP contribution in [0.4, 0.5) is 0 Å². The van der Waals surface area contributed by atoms with Crippen LogP contribution >= 0.6 is 0 Å². The zero-order valence-corrected chi connectivity index (χ0v) is 7.68. The standard InChI is InChI=1S/C9H8N4O2/c10-8(14)5-1-2-7-12-3-6(9(11)15)13(7)4-5/h1-4H,(H2,10,14)(H2,11,15). The number of carbonyl (C=O) groups is 2. The lowest BCUT2D eigenvalue weighted by Crippen LogP contribution is -2.15. The Bertz CT molecular complexity index is 558. The van der Waals surface area contributed by atoms with Crippen molar-refractivity contribution < 1.29 is 9.59 Å². The van der Waals surface area contributed by atoms with Crippen LogP contribution in [0.2, 0.25) is 0 Å². The van der Waals surface area contributed by atoms with E-state index in [2.05, 4.69) is 4.98 Å². The van der Waals surface area contributed by atoms with E-state index in [9.17, 15) is 9.59 Å². The molecule has 76 valence electrons. The third-order valence-corrected chi connectivity index (χ3v) is 2.04. The summed E-state index contributed by atoms with van der Waals surface area (Å²) < 4.78 is 1.43. The Morgan fingerprint density at radius 3 is 2.53 bits per heavy atom. The van der Waals surface area contributed by atoms with Gasteiger partial charge in [-0.2, -0.15) is 0 Å². The number of hydrogen-bond acceptors (Lipinski definition) is 3. The van der Waals surface area contributed by atoms with E-state index >= 15 is 0 Å². The number of hydrogen-bond donors (Lipinski definition) is 2. The lowest BCUT2D eigenvalue weighted by molar-refractivity contribution is 0.0985. The van der Waals surface area contributed by atoms with Gasteiger partial charge in [-0.25, -0.2) is 4.98 Å². The number of aromatic nitrogens is 2. The molecule has 0 aliphatic rings. The number of imidazole rings is 1. The molecule has 0 saturated carbocycles. The van der Waals surface area contributed by atoms with Crippen molar-refractivity contribution in [3.8, 4) is 0 Å². The molecule has 2 aromatic heterocycles. The molecule has 6 nitrogen and oxygen atoms in total. The molecule has 4 N–H and O–H groups in total. The van der Waals surface area contributed by atoms with Gasteiger partial charge in [0.2, 0.25) is 5.91 Å². The van der Waals surface area contributed by atoms with Crippen LogP contribution < -0.4 is 11.5 Å². The summed E-state index contributed by atoms with van der Waals surface area (Å²) in [5, 5.41) is 0. The van der Waals surface area contributed by atoms with Gasteiger partial charge in [-0.1, -0.05) is 0 Å². The summed E-state index contributed by atoms with van der Waals surface area (Å²) in [5.41, 5.74) is 11.3. The molecule has 2 heterocycles. The van der Waals surface area contributed by atoms with E-state index in [0.717, 1.165) is 0 Å². The monoisotopic (exact) mass is 204 g/mol. The molecule has 0 radical (unpaired) electrons. The van der Waals surface area contributed by atoms with Crippen LogP contribution in [0.5, 0.6) is 0 Å². The van der Waals surface area contributed by atoms with Crippen LogP contribution in [-0.2, 0) is 0 Å². The summed E-state index contributed by atoms with van der Waals surface area (Å²) in [6.45, 7) is 0. The number of carbonyl (C=O) groups excluding carboxylic acids is 2. The summed E-state index contributed by atoms with van der Waals surface area (Å²) in [4.78, 5) is 25.9. The van der Waals surface area contributed by atoms with E-state index in [4.69, 9.17) is 11.5 Å². The zero-order valence-electron chi connectivity index (χ0n) is 7.68. The SMILES string of the molecule is NC(=O)c1ccc2ncc(C(N)=O)n2c1. The molecule has 6 heteroatoms. The predicted octanol–water partition coefficient (Wildman–Crippen LogP) is -0.468. The van der Waals surface area contributed by atoms with Crippen molar-refractivity contribution in [2.24, 2.45) is 11.5 Å². The Labute approximate surface area is 84.5 Å². The van der Waals surface area contributed by atoms with Crippen LogP contribution in [0.1, 0.15) is 20.8 Å². The first-order chi connectivity index (χ1) is 7.09. The first kappa shape index (κ1) is 9.20. The van der Waals surface area contributed by atoms with Gasteiger partial charge in [0.1, 0.15) is 11.3 Å². The van der Waals surface area contributed by atoms with E-state index in [1.165, 1.54) is 22.9 Å². The van der Waals surface area contributed by atoms with Crippen molar-refractivity contribution >= 4 is 17.5 Å². The van der Waals surface area contributed by atoms with Gasteiger partial charge >= 0.3 is 0 Å². The fraction of sp³-hybridized carbons (Fsp3) is 0. The third-order valence-electron chi connectivity index (χ3n) is 2.04. The smallest absolute Gasteiger partial charge is 0.267 e. The van der Waals surface area contributed by atoms with Crippen LogP contribution in [-0.4, -0.2) is 21.2 Å². The molecule has 0 spiro atoms. The van der Waals surface area contributed by atoms with Crippen molar-refractivity contribution in [3.63, 3.8) is 0 Å². The van der Waals surface area contributed by atoms with Gasteiger partial charge in [-0.15, -0.1) is 0 Å². The molecule has 0 aliphatic carbocycles. The Kier molecular flexibility index (Phi) is 1.89. The summed E-state index contributed by atoms with van der Waals surface area (Å²) in [6.07, 6.45) is 2.78. The molecule has 0 fully saturated rings. The fourth-order valence-electron chi connectivity index (χ4n) is 1.31. The van der Waals surface area contributed by atoms with Gasteiger partial charge in [-0.05, 0) is 12.1 Å². The van der Waals surface area contributed by atoms with Gasteiger partial charge in [0.25, 0.3) is 5.91 Å². The number of nitrogens with two attached hydrogens (primary N) is 2. The van der Waals surface area contributed by atoms with E-state index in [-0.39, 0.29) is 5.69 Å². The maximum Gasteiger partial charge on any atom is 0.267 e. The van der Waals surface area contributed by atoms with Gasteiger partial charge in [0.15, 0.2) is 0 Å². The minimum Gasteiger partial charge on any atom is -0.366 e. The van der Waals surface area contributed by atoms with Gasteiger partial charge in [0.05, 0.1) is 11.8 Å². The second kappa shape index (κ2) is 3.09. The average molecular weight is 204 g/mol. The molecule has 0 bridgehead atoms. The molecule has 0 aromatic carbocycles. The Balaban J connectivity index is 2.72.